The average molecular weight is 425 g/mol. The number of anilines is 2. The molecule has 0 aliphatic carbocycles. The van der Waals surface area contributed by atoms with Crippen LogP contribution in [0.15, 0.2) is 85.2 Å². The Morgan fingerprint density at radius 2 is 1.66 bits per heavy atom. The first-order valence-electron chi connectivity index (χ1n) is 10.3. The molecule has 0 bridgehead atoms. The highest BCUT2D eigenvalue weighted by atomic mass is 16.5. The van der Waals surface area contributed by atoms with Gasteiger partial charge in [-0.1, -0.05) is 48.0 Å². The van der Waals surface area contributed by atoms with Crippen LogP contribution in [0.2, 0.25) is 0 Å². The van der Waals surface area contributed by atoms with Gasteiger partial charge in [0.25, 0.3) is 5.91 Å². The molecular weight excluding hydrogens is 400 g/mol. The first-order valence-corrected chi connectivity index (χ1v) is 10.3. The number of aryl methyl sites for hydroxylation is 1. The maximum absolute atomic E-state index is 12.6. The monoisotopic (exact) mass is 424 g/mol. The minimum absolute atomic E-state index is 0.160. The number of methoxy groups -OCH3 is 1. The third-order valence-corrected chi connectivity index (χ3v) is 5.00. The van der Waals surface area contributed by atoms with Crippen molar-refractivity contribution in [1.82, 2.24) is 15.3 Å². The van der Waals surface area contributed by atoms with Crippen molar-refractivity contribution >= 4 is 17.5 Å². The molecule has 0 fully saturated rings. The Morgan fingerprint density at radius 3 is 2.41 bits per heavy atom. The van der Waals surface area contributed by atoms with Crippen LogP contribution in [0, 0.1) is 6.92 Å². The highest BCUT2D eigenvalue weighted by molar-refractivity contribution is 5.95. The predicted molar refractivity (Wildman–Crippen MR) is 126 cm³/mol. The smallest absolute Gasteiger partial charge is 0.251 e. The van der Waals surface area contributed by atoms with E-state index in [0.29, 0.717) is 18.1 Å². The van der Waals surface area contributed by atoms with E-state index in [0.717, 1.165) is 28.1 Å². The number of carbonyl (C=O) groups excluding carboxylic acids is 1. The molecule has 0 radical (unpaired) electrons. The summed E-state index contributed by atoms with van der Waals surface area (Å²) in [6.45, 7) is 2.47. The third kappa shape index (κ3) is 5.29. The minimum atomic E-state index is -0.160. The molecule has 0 saturated carbocycles. The van der Waals surface area contributed by atoms with E-state index in [1.165, 1.54) is 5.56 Å². The molecule has 0 spiro atoms. The standard InChI is InChI=1S/C26H24N4O2/c1-18-9-11-20(12-10-18)22-16-28-26(29-17-22)30-23-7-4-6-21(14-23)25(31)27-15-19-5-3-8-24(13-19)32-2/h3-14,16-17H,15H2,1-2H3,(H,27,31)(H,28,29,30). The van der Waals surface area contributed by atoms with Gasteiger partial charge in [-0.2, -0.15) is 0 Å². The Morgan fingerprint density at radius 1 is 0.906 bits per heavy atom. The number of hydrogen-bond acceptors (Lipinski definition) is 5. The number of amides is 1. The Balaban J connectivity index is 1.40. The van der Waals surface area contributed by atoms with Crippen molar-refractivity contribution < 1.29 is 9.53 Å². The van der Waals surface area contributed by atoms with Gasteiger partial charge in [-0.05, 0) is 48.4 Å². The molecule has 1 amide bonds. The fraction of sp³-hybridized carbons (Fsp3) is 0.115. The number of hydrogen-bond donors (Lipinski definition) is 2. The van der Waals surface area contributed by atoms with Crippen molar-refractivity contribution in [3.8, 4) is 16.9 Å². The highest BCUT2D eigenvalue weighted by Crippen LogP contribution is 2.20. The van der Waals surface area contributed by atoms with Crippen LogP contribution in [0.25, 0.3) is 11.1 Å². The van der Waals surface area contributed by atoms with E-state index in [1.807, 2.05) is 36.4 Å². The molecule has 0 saturated heterocycles. The Hall–Kier alpha value is -4.19. The number of benzene rings is 3. The van der Waals surface area contributed by atoms with Gasteiger partial charge in [0, 0.05) is 35.8 Å². The van der Waals surface area contributed by atoms with Crippen molar-refractivity contribution in [2.45, 2.75) is 13.5 Å². The van der Waals surface area contributed by atoms with Gasteiger partial charge in [-0.25, -0.2) is 9.97 Å². The van der Waals surface area contributed by atoms with Gasteiger partial charge in [-0.15, -0.1) is 0 Å². The van der Waals surface area contributed by atoms with E-state index >= 15 is 0 Å². The summed E-state index contributed by atoms with van der Waals surface area (Å²) >= 11 is 0. The minimum Gasteiger partial charge on any atom is -0.497 e. The van der Waals surface area contributed by atoms with Crippen LogP contribution >= 0.6 is 0 Å². The lowest BCUT2D eigenvalue weighted by molar-refractivity contribution is 0.0951. The van der Waals surface area contributed by atoms with Crippen LogP contribution in [0.4, 0.5) is 11.6 Å². The predicted octanol–water partition coefficient (Wildman–Crippen LogP) is 5.13. The molecule has 2 N–H and O–H groups in total. The second-order valence-corrected chi connectivity index (χ2v) is 7.40. The molecule has 1 heterocycles. The molecule has 1 aromatic heterocycles. The van der Waals surface area contributed by atoms with Crippen LogP contribution in [0.5, 0.6) is 5.75 Å². The summed E-state index contributed by atoms with van der Waals surface area (Å²) in [6.07, 6.45) is 3.56. The van der Waals surface area contributed by atoms with Gasteiger partial charge in [0.1, 0.15) is 5.75 Å². The second-order valence-electron chi connectivity index (χ2n) is 7.40. The van der Waals surface area contributed by atoms with Crippen LogP contribution in [-0.2, 0) is 6.54 Å². The number of nitrogens with one attached hydrogen (secondary N) is 2. The molecule has 4 rings (SSSR count). The largest absolute Gasteiger partial charge is 0.497 e. The maximum atomic E-state index is 12.6. The number of ether oxygens (including phenoxy) is 1. The molecule has 0 atom stereocenters. The van der Waals surface area contributed by atoms with Crippen molar-refractivity contribution in [2.75, 3.05) is 12.4 Å². The summed E-state index contributed by atoms with van der Waals surface area (Å²) in [5.41, 5.74) is 5.48. The lowest BCUT2D eigenvalue weighted by Crippen LogP contribution is -2.22. The zero-order valence-electron chi connectivity index (χ0n) is 18.0. The van der Waals surface area contributed by atoms with E-state index in [-0.39, 0.29) is 5.91 Å². The van der Waals surface area contributed by atoms with E-state index in [9.17, 15) is 4.79 Å². The summed E-state index contributed by atoms with van der Waals surface area (Å²) in [6, 6.07) is 23.1. The summed E-state index contributed by atoms with van der Waals surface area (Å²) in [7, 11) is 1.62. The maximum Gasteiger partial charge on any atom is 0.251 e. The topological polar surface area (TPSA) is 76.1 Å². The molecular formula is C26H24N4O2. The summed E-state index contributed by atoms with van der Waals surface area (Å²) in [5.74, 6) is 1.07. The fourth-order valence-electron chi connectivity index (χ4n) is 3.22. The molecule has 6 nitrogen and oxygen atoms in total. The second kappa shape index (κ2) is 9.75. The van der Waals surface area contributed by atoms with E-state index in [1.54, 1.807) is 31.6 Å². The van der Waals surface area contributed by atoms with E-state index < -0.39 is 0 Å². The zero-order valence-corrected chi connectivity index (χ0v) is 18.0. The highest BCUT2D eigenvalue weighted by Gasteiger charge is 2.08. The first kappa shape index (κ1) is 21.1. The summed E-state index contributed by atoms with van der Waals surface area (Å²) in [5, 5.41) is 6.09. The van der Waals surface area contributed by atoms with E-state index in [2.05, 4.69) is 51.8 Å². The molecule has 32 heavy (non-hydrogen) atoms. The Kier molecular flexibility index (Phi) is 6.41. The fourth-order valence-corrected chi connectivity index (χ4v) is 3.22. The molecule has 3 aromatic carbocycles. The number of rotatable bonds is 7. The van der Waals surface area contributed by atoms with Crippen LogP contribution in [-0.4, -0.2) is 23.0 Å². The van der Waals surface area contributed by atoms with Gasteiger partial charge in [0.05, 0.1) is 7.11 Å². The molecule has 6 heteroatoms. The third-order valence-electron chi connectivity index (χ3n) is 5.00. The van der Waals surface area contributed by atoms with Crippen molar-refractivity contribution in [3.63, 3.8) is 0 Å². The molecule has 0 unspecified atom stereocenters. The lowest BCUT2D eigenvalue weighted by Gasteiger charge is -2.09. The van der Waals surface area contributed by atoms with Crippen molar-refractivity contribution in [3.05, 3.63) is 102 Å². The SMILES string of the molecule is COc1cccc(CNC(=O)c2cccc(Nc3ncc(-c4ccc(C)cc4)cn3)c2)c1. The average Bonchev–Trinajstić information content (AvgIpc) is 2.84. The summed E-state index contributed by atoms with van der Waals surface area (Å²) < 4.78 is 5.22. The molecule has 160 valence electrons. The van der Waals surface area contributed by atoms with Gasteiger partial charge >= 0.3 is 0 Å². The van der Waals surface area contributed by atoms with Crippen LogP contribution in [0.3, 0.4) is 0 Å². The number of nitrogens with zero attached hydrogens (tertiary/aromatic N) is 2. The normalized spacial score (nSPS) is 10.4. The van der Waals surface area contributed by atoms with Gasteiger partial charge in [-0.3, -0.25) is 4.79 Å². The number of aromatic nitrogens is 2. The molecule has 0 aliphatic heterocycles. The van der Waals surface area contributed by atoms with Crippen molar-refractivity contribution in [2.24, 2.45) is 0 Å². The van der Waals surface area contributed by atoms with Crippen LogP contribution < -0.4 is 15.4 Å². The molecule has 4 aromatic rings. The van der Waals surface area contributed by atoms with Gasteiger partial charge in [0.2, 0.25) is 5.95 Å². The van der Waals surface area contributed by atoms with Gasteiger partial charge < -0.3 is 15.4 Å². The first-order chi connectivity index (χ1) is 15.6. The Labute approximate surface area is 187 Å². The summed E-state index contributed by atoms with van der Waals surface area (Å²) in [4.78, 5) is 21.4. The zero-order chi connectivity index (χ0) is 22.3. The van der Waals surface area contributed by atoms with Gasteiger partial charge in [0.15, 0.2) is 0 Å². The van der Waals surface area contributed by atoms with E-state index in [4.69, 9.17) is 4.74 Å². The number of carbonyl (C=O) groups is 1. The van der Waals surface area contributed by atoms with Crippen molar-refractivity contribution in [1.29, 1.82) is 0 Å². The quantitative estimate of drug-likeness (QED) is 0.430. The Bertz CT molecular complexity index is 1210. The molecule has 0 aliphatic rings. The lowest BCUT2D eigenvalue weighted by atomic mass is 10.1. The van der Waals surface area contributed by atoms with Crippen LogP contribution in [0.1, 0.15) is 21.5 Å².